The van der Waals surface area contributed by atoms with E-state index in [0.717, 1.165) is 24.5 Å². The van der Waals surface area contributed by atoms with Crippen LogP contribution >= 0.6 is 0 Å². The number of fused-ring (bicyclic) bond motifs is 2. The second-order valence-electron chi connectivity index (χ2n) is 7.70. The molecule has 4 aliphatic rings. The van der Waals surface area contributed by atoms with Crippen molar-refractivity contribution in [3.05, 3.63) is 0 Å². The molecule has 0 aromatic rings. The third kappa shape index (κ3) is 1.89. The van der Waals surface area contributed by atoms with E-state index in [1.807, 2.05) is 0 Å². The van der Waals surface area contributed by atoms with Gasteiger partial charge in [0.15, 0.2) is 0 Å². The fourth-order valence-electron chi connectivity index (χ4n) is 6.07. The highest BCUT2D eigenvalue weighted by molar-refractivity contribution is 5.11. The summed E-state index contributed by atoms with van der Waals surface area (Å²) in [5.41, 5.74) is 6.75. The van der Waals surface area contributed by atoms with E-state index < -0.39 is 0 Å². The van der Waals surface area contributed by atoms with E-state index in [0.29, 0.717) is 5.54 Å². The van der Waals surface area contributed by atoms with Gasteiger partial charge in [0.1, 0.15) is 0 Å². The number of hydrogen-bond donors (Lipinski definition) is 1. The molecule has 1 saturated carbocycles. The third-order valence-electron chi connectivity index (χ3n) is 6.98. The number of nitrogens with zero attached hydrogens (tertiary/aromatic N) is 2. The molecule has 0 spiro atoms. The van der Waals surface area contributed by atoms with E-state index in [-0.39, 0.29) is 0 Å². The number of likely N-dealkylation sites (tertiary alicyclic amines) is 1. The Hall–Kier alpha value is -0.120. The maximum absolute atomic E-state index is 6.42. The molecule has 114 valence electrons. The van der Waals surface area contributed by atoms with Gasteiger partial charge >= 0.3 is 0 Å². The minimum Gasteiger partial charge on any atom is -0.329 e. The van der Waals surface area contributed by atoms with E-state index in [1.54, 1.807) is 0 Å². The van der Waals surface area contributed by atoms with Crippen molar-refractivity contribution in [2.45, 2.75) is 75.4 Å². The van der Waals surface area contributed by atoms with Crippen LogP contribution in [0.5, 0.6) is 0 Å². The van der Waals surface area contributed by atoms with Gasteiger partial charge < -0.3 is 5.73 Å². The van der Waals surface area contributed by atoms with Gasteiger partial charge in [0.05, 0.1) is 5.54 Å². The zero-order valence-corrected chi connectivity index (χ0v) is 12.9. The normalized spacial score (nSPS) is 46.4. The number of rotatable bonds is 2. The van der Waals surface area contributed by atoms with E-state index in [9.17, 15) is 0 Å². The molecule has 20 heavy (non-hydrogen) atoms. The molecule has 0 radical (unpaired) electrons. The second kappa shape index (κ2) is 5.26. The van der Waals surface area contributed by atoms with Crippen molar-refractivity contribution < 1.29 is 0 Å². The predicted octanol–water partition coefficient (Wildman–Crippen LogP) is 2.21. The van der Waals surface area contributed by atoms with Crippen LogP contribution in [0.25, 0.3) is 0 Å². The first kappa shape index (κ1) is 13.5. The Morgan fingerprint density at radius 3 is 2.70 bits per heavy atom. The predicted molar refractivity (Wildman–Crippen MR) is 82.7 cm³/mol. The smallest absolute Gasteiger partial charge is 0.0501 e. The number of nitrogens with two attached hydrogens (primary N) is 1. The number of piperidine rings is 2. The lowest BCUT2D eigenvalue weighted by Crippen LogP contribution is -2.66. The molecule has 4 fully saturated rings. The Balaban J connectivity index is 1.63. The Morgan fingerprint density at radius 1 is 0.900 bits per heavy atom. The van der Waals surface area contributed by atoms with Crippen LogP contribution in [0.3, 0.4) is 0 Å². The van der Waals surface area contributed by atoms with Gasteiger partial charge in [-0.15, -0.1) is 0 Å². The molecule has 0 aromatic heterocycles. The van der Waals surface area contributed by atoms with E-state index in [4.69, 9.17) is 5.73 Å². The molecule has 0 amide bonds. The summed E-state index contributed by atoms with van der Waals surface area (Å²) in [6.45, 7) is 4.84. The van der Waals surface area contributed by atoms with Crippen molar-refractivity contribution >= 4 is 0 Å². The zero-order valence-electron chi connectivity index (χ0n) is 12.9. The molecule has 3 saturated heterocycles. The monoisotopic (exact) mass is 277 g/mol. The van der Waals surface area contributed by atoms with Gasteiger partial charge in [-0.1, -0.05) is 12.8 Å². The van der Waals surface area contributed by atoms with Crippen molar-refractivity contribution in [3.8, 4) is 0 Å². The summed E-state index contributed by atoms with van der Waals surface area (Å²) < 4.78 is 0. The average Bonchev–Trinajstić information content (AvgIpc) is 3.12. The first-order valence-corrected chi connectivity index (χ1v) is 9.06. The maximum Gasteiger partial charge on any atom is 0.0501 e. The lowest BCUT2D eigenvalue weighted by molar-refractivity contribution is -0.0252. The fraction of sp³-hybridized carbons (Fsp3) is 1.00. The minimum absolute atomic E-state index is 0.327. The molecule has 4 rings (SSSR count). The van der Waals surface area contributed by atoms with Crippen LogP contribution in [0.4, 0.5) is 0 Å². The van der Waals surface area contributed by atoms with Gasteiger partial charge in [-0.2, -0.15) is 0 Å². The average molecular weight is 277 g/mol. The van der Waals surface area contributed by atoms with Crippen LogP contribution in [0, 0.1) is 5.92 Å². The van der Waals surface area contributed by atoms with Crippen LogP contribution in [0.15, 0.2) is 0 Å². The summed E-state index contributed by atoms with van der Waals surface area (Å²) in [6, 6.07) is 1.63. The van der Waals surface area contributed by atoms with Gasteiger partial charge in [0.25, 0.3) is 0 Å². The molecule has 3 heterocycles. The molecule has 4 atom stereocenters. The molecule has 3 nitrogen and oxygen atoms in total. The molecule has 2 N–H and O–H groups in total. The fourth-order valence-corrected chi connectivity index (χ4v) is 6.07. The number of hydrogen-bond acceptors (Lipinski definition) is 3. The molecule has 0 bridgehead atoms. The summed E-state index contributed by atoms with van der Waals surface area (Å²) in [6.07, 6.45) is 12.8. The Labute approximate surface area is 123 Å². The van der Waals surface area contributed by atoms with Gasteiger partial charge in [0.2, 0.25) is 0 Å². The highest BCUT2D eigenvalue weighted by Crippen LogP contribution is 2.46. The van der Waals surface area contributed by atoms with E-state index in [1.165, 1.54) is 77.4 Å². The molecular weight excluding hydrogens is 246 g/mol. The minimum atomic E-state index is 0.327. The van der Waals surface area contributed by atoms with Crippen molar-refractivity contribution in [2.24, 2.45) is 11.7 Å². The van der Waals surface area contributed by atoms with Crippen molar-refractivity contribution in [1.29, 1.82) is 0 Å². The highest BCUT2D eigenvalue weighted by Gasteiger charge is 2.54. The quantitative estimate of drug-likeness (QED) is 0.840. The first-order valence-electron chi connectivity index (χ1n) is 9.06. The molecule has 4 unspecified atom stereocenters. The van der Waals surface area contributed by atoms with Crippen LogP contribution in [-0.2, 0) is 0 Å². The van der Waals surface area contributed by atoms with Crippen molar-refractivity contribution in [3.63, 3.8) is 0 Å². The first-order chi connectivity index (χ1) is 9.85. The summed E-state index contributed by atoms with van der Waals surface area (Å²) >= 11 is 0. The van der Waals surface area contributed by atoms with Crippen LogP contribution < -0.4 is 5.73 Å². The summed E-state index contributed by atoms with van der Waals surface area (Å²) in [5, 5.41) is 0. The van der Waals surface area contributed by atoms with Crippen LogP contribution in [0.2, 0.25) is 0 Å². The SMILES string of the molecule is NCC1(N2CCCC3CCCC32)CCN2CCCCC21. The Bertz CT molecular complexity index is 358. The largest absolute Gasteiger partial charge is 0.329 e. The second-order valence-corrected chi connectivity index (χ2v) is 7.70. The van der Waals surface area contributed by atoms with E-state index >= 15 is 0 Å². The van der Waals surface area contributed by atoms with Crippen molar-refractivity contribution in [2.75, 3.05) is 26.2 Å². The molecule has 0 aromatic carbocycles. The molecule has 1 aliphatic carbocycles. The summed E-state index contributed by atoms with van der Waals surface area (Å²) in [4.78, 5) is 5.71. The molecule has 3 heteroatoms. The summed E-state index contributed by atoms with van der Waals surface area (Å²) in [5.74, 6) is 0.991. The van der Waals surface area contributed by atoms with Crippen LogP contribution in [0.1, 0.15) is 57.8 Å². The van der Waals surface area contributed by atoms with Gasteiger partial charge in [0, 0.05) is 25.2 Å². The Kier molecular flexibility index (Phi) is 3.56. The Morgan fingerprint density at radius 2 is 1.80 bits per heavy atom. The zero-order chi connectivity index (χ0) is 13.6. The molecule has 3 aliphatic heterocycles. The molecular formula is C17H31N3. The van der Waals surface area contributed by atoms with Gasteiger partial charge in [-0.05, 0) is 64.0 Å². The topological polar surface area (TPSA) is 32.5 Å². The standard InChI is InChI=1S/C17H31N3/c18-13-17(9-12-19-10-2-1-8-16(17)19)20-11-4-6-14-5-3-7-15(14)20/h14-16H,1-13,18H2. The lowest BCUT2D eigenvalue weighted by atomic mass is 9.79. The highest BCUT2D eigenvalue weighted by atomic mass is 15.3. The summed E-state index contributed by atoms with van der Waals surface area (Å²) in [7, 11) is 0. The lowest BCUT2D eigenvalue weighted by Gasteiger charge is -2.53. The van der Waals surface area contributed by atoms with Crippen molar-refractivity contribution in [1.82, 2.24) is 9.80 Å². The van der Waals surface area contributed by atoms with Gasteiger partial charge in [-0.3, -0.25) is 9.80 Å². The maximum atomic E-state index is 6.42. The van der Waals surface area contributed by atoms with Gasteiger partial charge in [-0.25, -0.2) is 0 Å². The third-order valence-corrected chi connectivity index (χ3v) is 6.98. The van der Waals surface area contributed by atoms with Crippen LogP contribution in [-0.4, -0.2) is 53.6 Å². The van der Waals surface area contributed by atoms with E-state index in [2.05, 4.69) is 9.80 Å².